The predicted molar refractivity (Wildman–Crippen MR) is 108 cm³/mol. The molecule has 0 amide bonds. The summed E-state index contributed by atoms with van der Waals surface area (Å²) in [7, 11) is 0. The summed E-state index contributed by atoms with van der Waals surface area (Å²) in [5.41, 5.74) is 0.0491. The summed E-state index contributed by atoms with van der Waals surface area (Å²) in [4.78, 5) is 20.5. The zero-order chi connectivity index (χ0) is 19.2. The van der Waals surface area contributed by atoms with Gasteiger partial charge in [-0.05, 0) is 57.9 Å². The molecule has 1 aromatic heterocycles. The van der Waals surface area contributed by atoms with Crippen LogP contribution in [0.2, 0.25) is 0 Å². The third-order valence-corrected chi connectivity index (χ3v) is 5.67. The van der Waals surface area contributed by atoms with E-state index in [0.29, 0.717) is 17.7 Å². The molecule has 27 heavy (non-hydrogen) atoms. The number of pyridine rings is 1. The van der Waals surface area contributed by atoms with E-state index in [-0.39, 0.29) is 16.7 Å². The van der Waals surface area contributed by atoms with Gasteiger partial charge in [-0.15, -0.1) is 0 Å². The Labute approximate surface area is 161 Å². The number of rotatable bonds is 7. The van der Waals surface area contributed by atoms with Gasteiger partial charge in [0.1, 0.15) is 5.82 Å². The van der Waals surface area contributed by atoms with E-state index in [0.717, 1.165) is 58.5 Å². The molecule has 2 aliphatic heterocycles. The van der Waals surface area contributed by atoms with E-state index in [1.807, 2.05) is 0 Å². The number of hydrogen-bond donors (Lipinski definition) is 2. The number of nitrogens with zero attached hydrogens (tertiary/aromatic N) is 4. The molecule has 2 fully saturated rings. The number of piperidine rings is 2. The van der Waals surface area contributed by atoms with Crippen molar-refractivity contribution in [1.82, 2.24) is 14.8 Å². The average Bonchev–Trinajstić information content (AvgIpc) is 2.68. The molecule has 2 saturated heterocycles. The lowest BCUT2D eigenvalue weighted by Crippen LogP contribution is -2.42. The summed E-state index contributed by atoms with van der Waals surface area (Å²) in [5.74, 6) is 1.10. The maximum atomic E-state index is 11.5. The number of likely N-dealkylation sites (tertiary alicyclic amines) is 2. The van der Waals surface area contributed by atoms with Crippen LogP contribution < -0.4 is 10.6 Å². The lowest BCUT2D eigenvalue weighted by atomic mass is 10.1. The summed E-state index contributed by atoms with van der Waals surface area (Å²) in [6.07, 6.45) is 4.39. The van der Waals surface area contributed by atoms with Crippen molar-refractivity contribution in [1.29, 1.82) is 0 Å². The van der Waals surface area contributed by atoms with Gasteiger partial charge in [0, 0.05) is 31.2 Å². The van der Waals surface area contributed by atoms with Gasteiger partial charge in [-0.3, -0.25) is 10.1 Å². The van der Waals surface area contributed by atoms with Crippen LogP contribution in [0.1, 0.15) is 39.5 Å². The van der Waals surface area contributed by atoms with Gasteiger partial charge in [-0.25, -0.2) is 4.98 Å². The molecule has 2 atom stereocenters. The average molecular weight is 377 g/mol. The molecule has 0 aliphatic carbocycles. The fraction of sp³-hybridized carbons (Fsp3) is 0.737. The highest BCUT2D eigenvalue weighted by molar-refractivity contribution is 5.60. The Bertz CT molecular complexity index is 641. The Kier molecular flexibility index (Phi) is 6.84. The van der Waals surface area contributed by atoms with Gasteiger partial charge in [-0.2, -0.15) is 0 Å². The number of nitro groups is 1. The zero-order valence-corrected chi connectivity index (χ0v) is 16.5. The lowest BCUT2D eigenvalue weighted by molar-refractivity contribution is -0.384. The molecule has 8 heteroatoms. The molecule has 0 bridgehead atoms. The highest BCUT2D eigenvalue weighted by atomic mass is 16.6. The number of aromatic nitrogens is 1. The van der Waals surface area contributed by atoms with Gasteiger partial charge in [0.15, 0.2) is 0 Å². The summed E-state index contributed by atoms with van der Waals surface area (Å²) in [6.45, 7) is 10.5. The van der Waals surface area contributed by atoms with E-state index in [2.05, 4.69) is 39.3 Å². The highest BCUT2D eigenvalue weighted by Gasteiger charge is 2.24. The van der Waals surface area contributed by atoms with Crippen LogP contribution >= 0.6 is 0 Å². The topological polar surface area (TPSA) is 86.6 Å². The van der Waals surface area contributed by atoms with Crippen molar-refractivity contribution in [3.05, 3.63) is 22.2 Å². The molecule has 2 aliphatic rings. The van der Waals surface area contributed by atoms with Crippen LogP contribution in [0, 0.1) is 10.1 Å². The van der Waals surface area contributed by atoms with Crippen LogP contribution in [0.4, 0.5) is 17.3 Å². The van der Waals surface area contributed by atoms with Gasteiger partial charge in [0.25, 0.3) is 0 Å². The maximum absolute atomic E-state index is 11.5. The van der Waals surface area contributed by atoms with Crippen molar-refractivity contribution in [3.8, 4) is 0 Å². The minimum absolute atomic E-state index is 0.0491. The number of nitrogens with one attached hydrogen (secondary N) is 2. The van der Waals surface area contributed by atoms with Crippen molar-refractivity contribution in [2.24, 2.45) is 0 Å². The fourth-order valence-corrected chi connectivity index (χ4v) is 4.11. The van der Waals surface area contributed by atoms with Gasteiger partial charge in [0.2, 0.25) is 5.82 Å². The quantitative estimate of drug-likeness (QED) is 0.559. The Morgan fingerprint density at radius 1 is 1.07 bits per heavy atom. The van der Waals surface area contributed by atoms with E-state index in [9.17, 15) is 10.1 Å². The first-order chi connectivity index (χ1) is 13.1. The number of hydrogen-bond acceptors (Lipinski definition) is 7. The first-order valence-electron chi connectivity index (χ1n) is 10.2. The summed E-state index contributed by atoms with van der Waals surface area (Å²) >= 11 is 0. The van der Waals surface area contributed by atoms with Crippen LogP contribution in [0.25, 0.3) is 0 Å². The monoisotopic (exact) mass is 376 g/mol. The Balaban J connectivity index is 1.71. The van der Waals surface area contributed by atoms with Gasteiger partial charge in [0.05, 0.1) is 4.92 Å². The van der Waals surface area contributed by atoms with Crippen LogP contribution in [0.15, 0.2) is 12.1 Å². The maximum Gasteiger partial charge on any atom is 0.311 e. The van der Waals surface area contributed by atoms with Crippen LogP contribution in [0.3, 0.4) is 0 Å². The summed E-state index contributed by atoms with van der Waals surface area (Å²) in [5, 5.41) is 18.3. The highest BCUT2D eigenvalue weighted by Crippen LogP contribution is 2.27. The molecule has 3 rings (SSSR count). The molecule has 0 aromatic carbocycles. The fourth-order valence-electron chi connectivity index (χ4n) is 4.11. The van der Waals surface area contributed by atoms with Crippen LogP contribution in [-0.2, 0) is 0 Å². The van der Waals surface area contributed by atoms with Crippen LogP contribution in [-0.4, -0.2) is 71.1 Å². The van der Waals surface area contributed by atoms with Gasteiger partial charge >= 0.3 is 5.69 Å². The Morgan fingerprint density at radius 2 is 1.67 bits per heavy atom. The Hall–Kier alpha value is -1.93. The van der Waals surface area contributed by atoms with E-state index >= 15 is 0 Å². The van der Waals surface area contributed by atoms with E-state index in [1.165, 1.54) is 6.42 Å². The molecule has 8 nitrogen and oxygen atoms in total. The van der Waals surface area contributed by atoms with Crippen molar-refractivity contribution < 1.29 is 4.92 Å². The number of likely N-dealkylation sites (N-methyl/N-ethyl adjacent to an activating group) is 2. The predicted octanol–water partition coefficient (Wildman–Crippen LogP) is 2.78. The SMILES string of the molecule is CCN1CCCC(Nc2ccc([N+](=O)[O-])c(NC3CCCN(CC)C3)n2)C1. The molecule has 2 unspecified atom stereocenters. The van der Waals surface area contributed by atoms with Crippen molar-refractivity contribution >= 4 is 17.3 Å². The molecule has 2 N–H and O–H groups in total. The third kappa shape index (κ3) is 5.29. The van der Waals surface area contributed by atoms with E-state index in [4.69, 9.17) is 0 Å². The molecule has 3 heterocycles. The minimum Gasteiger partial charge on any atom is -0.366 e. The standard InChI is InChI=1S/C19H32N6O2/c1-3-23-11-5-7-15(13-23)20-18-10-9-17(25(26)27)19(22-18)21-16-8-6-12-24(4-2)14-16/h9-10,15-16H,3-8,11-14H2,1-2H3,(H2,20,21,22). The molecular formula is C19H32N6O2. The second-order valence-electron chi connectivity index (χ2n) is 7.57. The number of anilines is 2. The van der Waals surface area contributed by atoms with Gasteiger partial charge in [-0.1, -0.05) is 13.8 Å². The van der Waals surface area contributed by atoms with E-state index in [1.54, 1.807) is 12.1 Å². The largest absolute Gasteiger partial charge is 0.366 e. The van der Waals surface area contributed by atoms with Crippen molar-refractivity contribution in [2.45, 2.75) is 51.6 Å². The minimum atomic E-state index is -0.348. The van der Waals surface area contributed by atoms with Gasteiger partial charge < -0.3 is 20.4 Å². The van der Waals surface area contributed by atoms with Crippen molar-refractivity contribution in [2.75, 3.05) is 49.9 Å². The molecule has 1 aromatic rings. The Morgan fingerprint density at radius 3 is 2.22 bits per heavy atom. The molecule has 0 saturated carbocycles. The first kappa shape index (κ1) is 19.8. The van der Waals surface area contributed by atoms with Crippen LogP contribution in [0.5, 0.6) is 0 Å². The lowest BCUT2D eigenvalue weighted by Gasteiger charge is -2.33. The molecule has 0 radical (unpaired) electrons. The third-order valence-electron chi connectivity index (χ3n) is 5.67. The molecule has 0 spiro atoms. The first-order valence-corrected chi connectivity index (χ1v) is 10.2. The second kappa shape index (κ2) is 9.32. The second-order valence-corrected chi connectivity index (χ2v) is 7.57. The summed E-state index contributed by atoms with van der Waals surface area (Å²) in [6, 6.07) is 3.84. The summed E-state index contributed by atoms with van der Waals surface area (Å²) < 4.78 is 0. The van der Waals surface area contributed by atoms with E-state index < -0.39 is 0 Å². The molecule has 150 valence electrons. The van der Waals surface area contributed by atoms with Crippen molar-refractivity contribution in [3.63, 3.8) is 0 Å². The smallest absolute Gasteiger partial charge is 0.311 e. The zero-order valence-electron chi connectivity index (χ0n) is 16.5. The normalized spacial score (nSPS) is 24.5. The molecular weight excluding hydrogens is 344 g/mol.